The van der Waals surface area contributed by atoms with Gasteiger partial charge in [0.1, 0.15) is 10.0 Å². The number of Topliss-reactive ketones (excluding diaryl/α,β-unsaturated/α-hetero) is 1. The molecule has 0 bridgehead atoms. The van der Waals surface area contributed by atoms with Gasteiger partial charge in [0.25, 0.3) is 0 Å². The summed E-state index contributed by atoms with van der Waals surface area (Å²) in [5.41, 5.74) is 3.73. The molecule has 1 atom stereocenters. The standard InChI is InChI=1S/C21H15N3OS2/c1-13-5-4-6-14(9-13)20-23-15(12-26-20)10-18(25)16(11-22)21-24-17-7-2-3-8-19(17)27-21/h2-9,12,16H,10H2,1H3. The number of nitriles is 1. The van der Waals surface area contributed by atoms with E-state index < -0.39 is 5.92 Å². The van der Waals surface area contributed by atoms with E-state index in [-0.39, 0.29) is 12.2 Å². The first-order chi connectivity index (χ1) is 13.1. The molecule has 1 unspecified atom stereocenters. The lowest BCUT2D eigenvalue weighted by Gasteiger charge is -2.03. The molecule has 2 heterocycles. The van der Waals surface area contributed by atoms with Gasteiger partial charge in [0, 0.05) is 10.9 Å². The van der Waals surface area contributed by atoms with Crippen molar-refractivity contribution in [3.63, 3.8) is 0 Å². The Bertz CT molecular complexity index is 1140. The monoisotopic (exact) mass is 389 g/mol. The van der Waals surface area contributed by atoms with Gasteiger partial charge in [-0.2, -0.15) is 5.26 Å². The Morgan fingerprint density at radius 3 is 2.81 bits per heavy atom. The number of nitrogens with zero attached hydrogens (tertiary/aromatic N) is 3. The highest BCUT2D eigenvalue weighted by Gasteiger charge is 2.25. The molecule has 0 aliphatic heterocycles. The van der Waals surface area contributed by atoms with E-state index in [1.165, 1.54) is 28.2 Å². The van der Waals surface area contributed by atoms with Gasteiger partial charge >= 0.3 is 0 Å². The molecule has 2 aromatic carbocycles. The summed E-state index contributed by atoms with van der Waals surface area (Å²) in [5, 5.41) is 12.9. The van der Waals surface area contributed by atoms with Crippen LogP contribution in [0.1, 0.15) is 22.2 Å². The fourth-order valence-corrected chi connectivity index (χ4v) is 4.71. The smallest absolute Gasteiger partial charge is 0.162 e. The van der Waals surface area contributed by atoms with Crippen LogP contribution in [0.3, 0.4) is 0 Å². The van der Waals surface area contributed by atoms with Gasteiger partial charge in [0.15, 0.2) is 11.7 Å². The van der Waals surface area contributed by atoms with Gasteiger partial charge in [-0.15, -0.1) is 22.7 Å². The predicted molar refractivity (Wildman–Crippen MR) is 109 cm³/mol. The number of rotatable bonds is 5. The SMILES string of the molecule is Cc1cccc(-c2nc(CC(=O)C(C#N)c3nc4ccccc4s3)cs2)c1. The van der Waals surface area contributed by atoms with Crippen molar-refractivity contribution in [3.8, 4) is 16.6 Å². The molecule has 6 heteroatoms. The molecule has 0 aliphatic carbocycles. The lowest BCUT2D eigenvalue weighted by atomic mass is 10.0. The molecule has 0 fully saturated rings. The first kappa shape index (κ1) is 17.5. The lowest BCUT2D eigenvalue weighted by Crippen LogP contribution is -2.13. The van der Waals surface area contributed by atoms with Crippen LogP contribution in [0, 0.1) is 18.3 Å². The Hall–Kier alpha value is -2.88. The van der Waals surface area contributed by atoms with Gasteiger partial charge in [-0.1, -0.05) is 35.9 Å². The minimum absolute atomic E-state index is 0.135. The fourth-order valence-electron chi connectivity index (χ4n) is 2.86. The molecule has 4 aromatic rings. The maximum Gasteiger partial charge on any atom is 0.162 e. The second-order valence-electron chi connectivity index (χ2n) is 6.24. The summed E-state index contributed by atoms with van der Waals surface area (Å²) in [5.74, 6) is -1.02. The Labute approximate surface area is 164 Å². The molecule has 0 saturated heterocycles. The Morgan fingerprint density at radius 1 is 1.19 bits per heavy atom. The minimum atomic E-state index is -0.855. The molecule has 132 valence electrons. The van der Waals surface area contributed by atoms with Gasteiger partial charge in [-0.05, 0) is 25.1 Å². The number of thiazole rings is 2. The number of aromatic nitrogens is 2. The highest BCUT2D eigenvalue weighted by atomic mass is 32.1. The third kappa shape index (κ3) is 3.65. The van der Waals surface area contributed by atoms with Crippen LogP contribution in [0.15, 0.2) is 53.9 Å². The van der Waals surface area contributed by atoms with E-state index in [0.29, 0.717) is 10.7 Å². The molecule has 27 heavy (non-hydrogen) atoms. The van der Waals surface area contributed by atoms with Crippen LogP contribution in [0.4, 0.5) is 0 Å². The number of carbonyl (C=O) groups excluding carboxylic acids is 1. The summed E-state index contributed by atoms with van der Waals surface area (Å²) < 4.78 is 0.982. The fraction of sp³-hybridized carbons (Fsp3) is 0.143. The maximum atomic E-state index is 12.7. The van der Waals surface area contributed by atoms with E-state index in [2.05, 4.69) is 22.1 Å². The Morgan fingerprint density at radius 2 is 2.04 bits per heavy atom. The normalized spacial score (nSPS) is 12.0. The zero-order chi connectivity index (χ0) is 18.8. The number of carbonyl (C=O) groups is 1. The Balaban J connectivity index is 1.55. The summed E-state index contributed by atoms with van der Waals surface area (Å²) in [4.78, 5) is 21.8. The first-order valence-electron chi connectivity index (χ1n) is 8.43. The van der Waals surface area contributed by atoms with Crippen LogP contribution < -0.4 is 0 Å². The molecule has 4 rings (SSSR count). The van der Waals surface area contributed by atoms with Crippen molar-refractivity contribution in [1.82, 2.24) is 9.97 Å². The van der Waals surface area contributed by atoms with Crippen molar-refractivity contribution in [1.29, 1.82) is 5.26 Å². The van der Waals surface area contributed by atoms with Crippen molar-refractivity contribution in [3.05, 3.63) is 70.2 Å². The number of hydrogen-bond donors (Lipinski definition) is 0. The quantitative estimate of drug-likeness (QED) is 0.473. The zero-order valence-electron chi connectivity index (χ0n) is 14.5. The Kier molecular flexibility index (Phi) is 4.80. The largest absolute Gasteiger partial charge is 0.297 e. The second kappa shape index (κ2) is 7.39. The van der Waals surface area contributed by atoms with Gasteiger partial charge in [-0.3, -0.25) is 4.79 Å². The molecule has 0 N–H and O–H groups in total. The van der Waals surface area contributed by atoms with E-state index in [0.717, 1.165) is 20.8 Å². The van der Waals surface area contributed by atoms with E-state index >= 15 is 0 Å². The molecule has 0 radical (unpaired) electrons. The van der Waals surface area contributed by atoms with Gasteiger partial charge in [0.2, 0.25) is 0 Å². The third-order valence-electron chi connectivity index (χ3n) is 4.18. The predicted octanol–water partition coefficient (Wildman–Crippen LogP) is 5.15. The van der Waals surface area contributed by atoms with E-state index in [9.17, 15) is 10.1 Å². The van der Waals surface area contributed by atoms with Crippen LogP contribution in [-0.4, -0.2) is 15.8 Å². The average Bonchev–Trinajstić information content (AvgIpc) is 3.29. The van der Waals surface area contributed by atoms with Gasteiger partial charge in [0.05, 0.1) is 28.4 Å². The van der Waals surface area contributed by atoms with E-state index in [4.69, 9.17) is 0 Å². The number of ketones is 1. The molecular formula is C21H15N3OS2. The number of para-hydroxylation sites is 1. The van der Waals surface area contributed by atoms with Gasteiger partial charge < -0.3 is 0 Å². The van der Waals surface area contributed by atoms with Crippen molar-refractivity contribution < 1.29 is 4.79 Å². The third-order valence-corrected chi connectivity index (χ3v) is 6.22. The topological polar surface area (TPSA) is 66.6 Å². The van der Waals surface area contributed by atoms with Crippen LogP contribution in [0.2, 0.25) is 0 Å². The van der Waals surface area contributed by atoms with E-state index in [1.807, 2.05) is 54.8 Å². The average molecular weight is 390 g/mol. The summed E-state index contributed by atoms with van der Waals surface area (Å²) >= 11 is 2.91. The number of hydrogen-bond acceptors (Lipinski definition) is 6. The van der Waals surface area contributed by atoms with Crippen molar-refractivity contribution in [2.24, 2.45) is 0 Å². The first-order valence-corrected chi connectivity index (χ1v) is 10.1. The summed E-state index contributed by atoms with van der Waals surface area (Å²) in [6.45, 7) is 2.04. The molecule has 2 aromatic heterocycles. The lowest BCUT2D eigenvalue weighted by molar-refractivity contribution is -0.118. The molecule has 0 amide bonds. The van der Waals surface area contributed by atoms with Crippen molar-refractivity contribution in [2.45, 2.75) is 19.3 Å². The molecular weight excluding hydrogens is 374 g/mol. The highest BCUT2D eigenvalue weighted by Crippen LogP contribution is 2.29. The molecule has 0 spiro atoms. The number of fused-ring (bicyclic) bond motifs is 1. The minimum Gasteiger partial charge on any atom is -0.297 e. The maximum absolute atomic E-state index is 12.7. The molecule has 0 saturated carbocycles. The van der Waals surface area contributed by atoms with E-state index in [1.54, 1.807) is 0 Å². The zero-order valence-corrected chi connectivity index (χ0v) is 16.2. The van der Waals surface area contributed by atoms with Crippen LogP contribution >= 0.6 is 22.7 Å². The summed E-state index contributed by atoms with van der Waals surface area (Å²) in [6.07, 6.45) is 0.135. The van der Waals surface area contributed by atoms with Crippen molar-refractivity contribution in [2.75, 3.05) is 0 Å². The van der Waals surface area contributed by atoms with Crippen LogP contribution in [0.25, 0.3) is 20.8 Å². The highest BCUT2D eigenvalue weighted by molar-refractivity contribution is 7.18. The van der Waals surface area contributed by atoms with Gasteiger partial charge in [-0.25, -0.2) is 9.97 Å². The van der Waals surface area contributed by atoms with Crippen LogP contribution in [0.5, 0.6) is 0 Å². The van der Waals surface area contributed by atoms with Crippen molar-refractivity contribution >= 4 is 38.7 Å². The number of aryl methyl sites for hydroxylation is 1. The number of benzene rings is 2. The summed E-state index contributed by atoms with van der Waals surface area (Å²) in [6, 6.07) is 17.9. The molecule has 0 aliphatic rings. The second-order valence-corrected chi connectivity index (χ2v) is 8.16. The summed E-state index contributed by atoms with van der Waals surface area (Å²) in [7, 11) is 0. The van der Waals surface area contributed by atoms with Crippen LogP contribution in [-0.2, 0) is 11.2 Å². The molecule has 4 nitrogen and oxygen atoms in total.